The number of hydrogen-bond donors (Lipinski definition) is 0. The second kappa shape index (κ2) is 68.3. The van der Waals surface area contributed by atoms with Gasteiger partial charge in [-0.3, -0.25) is 0 Å². The molecule has 0 saturated heterocycles. The van der Waals surface area contributed by atoms with E-state index in [0.29, 0.717) is 0 Å². The molecule has 0 nitrogen and oxygen atoms in total. The summed E-state index contributed by atoms with van der Waals surface area (Å²) in [5.74, 6) is 2.16. The van der Waals surface area contributed by atoms with Crippen LogP contribution >= 0.6 is 0 Å². The Morgan fingerprint density at radius 1 is 0.213 bits per heavy atom. The van der Waals surface area contributed by atoms with Gasteiger partial charge in [0, 0.05) is 0 Å². The third-order valence-electron chi connectivity index (χ3n) is 18.6. The van der Waals surface area contributed by atoms with Crippen molar-refractivity contribution >= 4 is 0 Å². The Kier molecular flexibility index (Phi) is 70.2. The summed E-state index contributed by atoms with van der Waals surface area (Å²) in [4.78, 5) is 0. The molecule has 0 amide bonds. The fourth-order valence-corrected chi connectivity index (χ4v) is 13.4. The van der Waals surface area contributed by atoms with Crippen molar-refractivity contribution in [2.24, 2.45) is 17.3 Å². The van der Waals surface area contributed by atoms with Crippen molar-refractivity contribution in [3.05, 3.63) is 0 Å². The average molecular weight is 1060 g/mol. The zero-order chi connectivity index (χ0) is 54.9. The summed E-state index contributed by atoms with van der Waals surface area (Å²) in [7, 11) is 0. The first-order valence-corrected chi connectivity index (χ1v) is 37.0. The van der Waals surface area contributed by atoms with Gasteiger partial charge >= 0.3 is 0 Å². The van der Waals surface area contributed by atoms with Gasteiger partial charge in [0.15, 0.2) is 0 Å². The molecular formula is C75H154. The first kappa shape index (κ1) is 77.1. The minimum atomic E-state index is 0.721. The SMILES string of the molecule is CCCC1CCCCC1.CCCCCC.CCCCCCCCCCC12CCCCCCCCCCC1CCCCCCCC2.CCCCCCCCCCCCCC.CCCCCCCCCCCCCCCC. The smallest absolute Gasteiger partial charge is 0.0269 e. The zero-order valence-corrected chi connectivity index (χ0v) is 54.9. The van der Waals surface area contributed by atoms with Crippen LogP contribution in [0.5, 0.6) is 0 Å². The van der Waals surface area contributed by atoms with Crippen molar-refractivity contribution in [2.45, 2.75) is 466 Å². The highest BCUT2D eigenvalue weighted by atomic mass is 14.4. The Labute approximate surface area is 481 Å². The second-order valence-electron chi connectivity index (χ2n) is 26.1. The van der Waals surface area contributed by atoms with Crippen LogP contribution in [-0.2, 0) is 0 Å². The van der Waals surface area contributed by atoms with Gasteiger partial charge in [0.25, 0.3) is 0 Å². The van der Waals surface area contributed by atoms with Crippen molar-refractivity contribution in [3.8, 4) is 0 Å². The molecule has 0 aromatic rings. The molecule has 3 aliphatic carbocycles. The van der Waals surface area contributed by atoms with E-state index in [1.54, 1.807) is 32.1 Å². The average Bonchev–Trinajstić information content (AvgIpc) is 3.43. The molecule has 0 aromatic heterocycles. The van der Waals surface area contributed by atoms with Crippen LogP contribution in [-0.4, -0.2) is 0 Å². The summed E-state index contributed by atoms with van der Waals surface area (Å²) in [6, 6.07) is 0. The molecule has 454 valence electrons. The van der Waals surface area contributed by atoms with Crippen LogP contribution in [0.1, 0.15) is 466 Å². The lowest BCUT2D eigenvalue weighted by Crippen LogP contribution is -2.32. The molecule has 0 radical (unpaired) electrons. The summed E-state index contributed by atoms with van der Waals surface area (Å²) in [5, 5.41) is 0. The van der Waals surface area contributed by atoms with Crippen LogP contribution in [0.25, 0.3) is 0 Å². The van der Waals surface area contributed by atoms with E-state index in [0.717, 1.165) is 17.3 Å². The van der Waals surface area contributed by atoms with E-state index in [1.807, 2.05) is 0 Å². The second-order valence-corrected chi connectivity index (χ2v) is 26.1. The van der Waals surface area contributed by atoms with Gasteiger partial charge in [-0.2, -0.15) is 0 Å². The summed E-state index contributed by atoms with van der Waals surface area (Å²) in [6.07, 6.45) is 94.8. The van der Waals surface area contributed by atoms with E-state index in [2.05, 4.69) is 55.4 Å². The van der Waals surface area contributed by atoms with E-state index in [9.17, 15) is 0 Å². The predicted molar refractivity (Wildman–Crippen MR) is 350 cm³/mol. The number of rotatable bonds is 38. The summed E-state index contributed by atoms with van der Waals surface area (Å²) < 4.78 is 0. The molecule has 0 heterocycles. The Morgan fingerprint density at radius 2 is 0.427 bits per heavy atom. The van der Waals surface area contributed by atoms with Crippen molar-refractivity contribution in [1.82, 2.24) is 0 Å². The Hall–Kier alpha value is 0. The topological polar surface area (TPSA) is 0 Å². The van der Waals surface area contributed by atoms with Crippen molar-refractivity contribution in [2.75, 3.05) is 0 Å². The molecule has 3 fully saturated rings. The number of unbranched alkanes of at least 4 members (excludes halogenated alkanes) is 34. The lowest BCUT2D eigenvalue weighted by atomic mass is 9.62. The fourth-order valence-electron chi connectivity index (χ4n) is 13.4. The molecule has 3 rings (SSSR count). The minimum Gasteiger partial charge on any atom is -0.0654 e. The van der Waals surface area contributed by atoms with Crippen LogP contribution < -0.4 is 0 Å². The number of hydrogen-bond acceptors (Lipinski definition) is 0. The molecule has 0 aliphatic heterocycles. The first-order chi connectivity index (χ1) is 37.0. The van der Waals surface area contributed by atoms with E-state index >= 15 is 0 Å². The quantitative estimate of drug-likeness (QED) is 0.0541. The predicted octanol–water partition coefficient (Wildman–Crippen LogP) is 29.3. The maximum Gasteiger partial charge on any atom is -0.0269 e. The molecule has 3 saturated carbocycles. The van der Waals surface area contributed by atoms with Crippen LogP contribution in [0.4, 0.5) is 0 Å². The van der Waals surface area contributed by atoms with Gasteiger partial charge in [-0.05, 0) is 49.4 Å². The van der Waals surface area contributed by atoms with Crippen LogP contribution in [0, 0.1) is 17.3 Å². The fraction of sp³-hybridized carbons (Fsp3) is 1.00. The minimum absolute atomic E-state index is 0.721. The highest BCUT2D eigenvalue weighted by molar-refractivity contribution is 4.88. The molecular weight excluding hydrogens is 901 g/mol. The Morgan fingerprint density at radius 3 is 0.707 bits per heavy atom. The molecule has 0 heteroatoms. The molecule has 0 aromatic carbocycles. The van der Waals surface area contributed by atoms with Gasteiger partial charge in [0.05, 0.1) is 0 Å². The largest absolute Gasteiger partial charge is 0.0654 e. The normalized spacial score (nSPS) is 19.0. The van der Waals surface area contributed by atoms with Gasteiger partial charge < -0.3 is 0 Å². The Balaban J connectivity index is 0. The summed E-state index contributed by atoms with van der Waals surface area (Å²) >= 11 is 0. The number of fused-ring (bicyclic) bond motifs is 1. The van der Waals surface area contributed by atoms with Crippen LogP contribution in [0.3, 0.4) is 0 Å². The molecule has 2 atom stereocenters. The lowest BCUT2D eigenvalue weighted by Gasteiger charge is -2.43. The third-order valence-corrected chi connectivity index (χ3v) is 18.6. The van der Waals surface area contributed by atoms with Gasteiger partial charge in [-0.15, -0.1) is 0 Å². The summed E-state index contributed by atoms with van der Waals surface area (Å²) in [5.41, 5.74) is 0.721. The van der Waals surface area contributed by atoms with Gasteiger partial charge in [0.2, 0.25) is 0 Å². The Bertz CT molecular complexity index is 911. The molecule has 0 spiro atoms. The van der Waals surface area contributed by atoms with Crippen LogP contribution in [0.15, 0.2) is 0 Å². The van der Waals surface area contributed by atoms with Crippen molar-refractivity contribution in [3.63, 3.8) is 0 Å². The zero-order valence-electron chi connectivity index (χ0n) is 54.9. The van der Waals surface area contributed by atoms with Gasteiger partial charge in [-0.25, -0.2) is 0 Å². The highest BCUT2D eigenvalue weighted by Crippen LogP contribution is 2.49. The monoisotopic (exact) mass is 1060 g/mol. The molecule has 2 unspecified atom stereocenters. The van der Waals surface area contributed by atoms with E-state index in [4.69, 9.17) is 0 Å². The maximum absolute atomic E-state index is 2.33. The molecule has 3 aliphatic rings. The van der Waals surface area contributed by atoms with Crippen molar-refractivity contribution in [1.29, 1.82) is 0 Å². The molecule has 75 heavy (non-hydrogen) atoms. The lowest BCUT2D eigenvalue weighted by molar-refractivity contribution is 0.0787. The first-order valence-electron chi connectivity index (χ1n) is 37.0. The van der Waals surface area contributed by atoms with Gasteiger partial charge in [0.1, 0.15) is 0 Å². The molecule has 0 N–H and O–H groups in total. The third kappa shape index (κ3) is 58.5. The van der Waals surface area contributed by atoms with Crippen molar-refractivity contribution < 1.29 is 0 Å². The van der Waals surface area contributed by atoms with E-state index in [1.165, 1.54) is 379 Å². The standard InChI is InChI=1S/C30H58.C16H34.C14H30.C9H18.C6H14/c1-2-3-4-5-6-11-16-21-26-30-27-22-17-12-8-7-9-14-19-24-29(30)25-20-15-10-13-18-23-28-30;1-3-5-7-9-11-13-15-16-14-12-10-8-6-4-2;1-3-5-7-9-11-13-14-12-10-8-6-4-2;1-2-6-9-7-4-3-5-8-9;1-3-5-6-4-2/h29H,2-28H2,1H3;3-16H2,1-2H3;3-14H2,1-2H3;9H,2-8H2,1H3;3-6H2,1-2H3. The van der Waals surface area contributed by atoms with E-state index in [-0.39, 0.29) is 0 Å². The maximum atomic E-state index is 2.33. The molecule has 0 bridgehead atoms. The van der Waals surface area contributed by atoms with Crippen LogP contribution in [0.2, 0.25) is 0 Å². The summed E-state index contributed by atoms with van der Waals surface area (Å²) in [6.45, 7) is 18.2. The van der Waals surface area contributed by atoms with Gasteiger partial charge in [-0.1, -0.05) is 434 Å². The highest BCUT2D eigenvalue weighted by Gasteiger charge is 2.36. The van der Waals surface area contributed by atoms with E-state index < -0.39 is 0 Å².